The monoisotopic (exact) mass is 316 g/mol. The molecule has 0 spiro atoms. The number of hydrogen-bond acceptors (Lipinski definition) is 5. The number of carbonyl (C=O) groups is 1. The third-order valence-electron chi connectivity index (χ3n) is 3.92. The summed E-state index contributed by atoms with van der Waals surface area (Å²) in [5.41, 5.74) is 0.558. The molecule has 1 unspecified atom stereocenters. The molecule has 1 aromatic heterocycles. The first-order chi connectivity index (χ1) is 11.1. The second-order valence-corrected chi connectivity index (χ2v) is 5.53. The number of benzene rings is 1. The smallest absolute Gasteiger partial charge is 0.356 e. The van der Waals surface area contributed by atoms with Crippen LogP contribution in [0.3, 0.4) is 0 Å². The second-order valence-electron chi connectivity index (χ2n) is 5.53. The van der Waals surface area contributed by atoms with Crippen LogP contribution in [0, 0.1) is 11.7 Å². The van der Waals surface area contributed by atoms with Crippen LogP contribution in [-0.2, 0) is 0 Å². The van der Waals surface area contributed by atoms with Gasteiger partial charge in [-0.2, -0.15) is 0 Å². The zero-order valence-corrected chi connectivity index (χ0v) is 12.4. The fraction of sp³-hybridized carbons (Fsp3) is 0.312. The maximum absolute atomic E-state index is 13.8. The zero-order valence-electron chi connectivity index (χ0n) is 12.4. The van der Waals surface area contributed by atoms with Crippen molar-refractivity contribution in [2.75, 3.05) is 29.9 Å². The molecule has 120 valence electrons. The van der Waals surface area contributed by atoms with E-state index in [1.807, 2.05) is 11.0 Å². The van der Waals surface area contributed by atoms with Gasteiger partial charge < -0.3 is 15.3 Å². The number of hydrogen-bond donors (Lipinski definition) is 2. The van der Waals surface area contributed by atoms with Gasteiger partial charge >= 0.3 is 5.97 Å². The first-order valence-corrected chi connectivity index (χ1v) is 7.42. The zero-order chi connectivity index (χ0) is 16.2. The maximum Gasteiger partial charge on any atom is 0.356 e. The summed E-state index contributed by atoms with van der Waals surface area (Å²) in [5, 5.41) is 11.9. The molecule has 0 aliphatic carbocycles. The van der Waals surface area contributed by atoms with E-state index in [0.29, 0.717) is 24.0 Å². The van der Waals surface area contributed by atoms with E-state index in [-0.39, 0.29) is 11.5 Å². The number of nitrogens with zero attached hydrogens (tertiary/aromatic N) is 3. The van der Waals surface area contributed by atoms with Gasteiger partial charge in [0, 0.05) is 19.6 Å². The van der Waals surface area contributed by atoms with Crippen molar-refractivity contribution in [3.63, 3.8) is 0 Å². The van der Waals surface area contributed by atoms with Crippen molar-refractivity contribution in [1.82, 2.24) is 9.97 Å². The van der Waals surface area contributed by atoms with E-state index < -0.39 is 5.97 Å². The Hall–Kier alpha value is -2.70. The van der Waals surface area contributed by atoms with E-state index in [0.717, 1.165) is 19.5 Å². The van der Waals surface area contributed by atoms with Gasteiger partial charge in [0.1, 0.15) is 11.6 Å². The summed E-state index contributed by atoms with van der Waals surface area (Å²) < 4.78 is 13.8. The van der Waals surface area contributed by atoms with Gasteiger partial charge in [0.2, 0.25) is 0 Å². The minimum Gasteiger partial charge on any atom is -0.476 e. The topological polar surface area (TPSA) is 78.3 Å². The van der Waals surface area contributed by atoms with Crippen molar-refractivity contribution < 1.29 is 14.3 Å². The van der Waals surface area contributed by atoms with Gasteiger partial charge in [-0.25, -0.2) is 19.2 Å². The molecule has 7 heteroatoms. The molecule has 2 aromatic rings. The lowest BCUT2D eigenvalue weighted by Gasteiger charge is -2.19. The molecule has 2 N–H and O–H groups in total. The highest BCUT2D eigenvalue weighted by Gasteiger charge is 2.24. The number of anilines is 2. The van der Waals surface area contributed by atoms with Gasteiger partial charge in [-0.3, -0.25) is 0 Å². The summed E-state index contributed by atoms with van der Waals surface area (Å²) in [5.74, 6) is -0.383. The van der Waals surface area contributed by atoms with Crippen LogP contribution >= 0.6 is 0 Å². The summed E-state index contributed by atoms with van der Waals surface area (Å²) >= 11 is 0. The molecule has 1 aromatic carbocycles. The molecule has 1 aliphatic rings. The van der Waals surface area contributed by atoms with E-state index in [9.17, 15) is 9.18 Å². The number of nitrogens with one attached hydrogen (secondary N) is 1. The number of rotatable bonds is 5. The van der Waals surface area contributed by atoms with Crippen LogP contribution in [-0.4, -0.2) is 40.7 Å². The van der Waals surface area contributed by atoms with Crippen molar-refractivity contribution in [2.24, 2.45) is 5.92 Å². The average molecular weight is 316 g/mol. The molecular formula is C16H17FN4O2. The highest BCUT2D eigenvalue weighted by Crippen LogP contribution is 2.26. The highest BCUT2D eigenvalue weighted by molar-refractivity contribution is 5.84. The van der Waals surface area contributed by atoms with Crippen LogP contribution < -0.4 is 10.2 Å². The van der Waals surface area contributed by atoms with E-state index >= 15 is 0 Å². The fourth-order valence-electron chi connectivity index (χ4n) is 2.70. The van der Waals surface area contributed by atoms with E-state index in [4.69, 9.17) is 5.11 Å². The first kappa shape index (κ1) is 15.2. The lowest BCUT2D eigenvalue weighted by molar-refractivity contribution is 0.0690. The Kier molecular flexibility index (Phi) is 4.36. The minimum absolute atomic E-state index is 0.0813. The third kappa shape index (κ3) is 3.56. The van der Waals surface area contributed by atoms with Crippen molar-refractivity contribution in [3.8, 4) is 0 Å². The standard InChI is InChI=1S/C16H17FN4O2/c17-12-3-1-2-4-14(12)21-6-5-11(10-21)7-19-15-9-18-13(8-20-15)16(22)23/h1-4,8-9,11H,5-7,10H2,(H,19,20)(H,22,23). The van der Waals surface area contributed by atoms with Crippen molar-refractivity contribution in [2.45, 2.75) is 6.42 Å². The Morgan fingerprint density at radius 2 is 2.17 bits per heavy atom. The number of carboxylic acids is 1. The van der Waals surface area contributed by atoms with Crippen LogP contribution in [0.2, 0.25) is 0 Å². The Balaban J connectivity index is 1.54. The molecule has 2 heterocycles. The first-order valence-electron chi connectivity index (χ1n) is 7.42. The van der Waals surface area contributed by atoms with Crippen molar-refractivity contribution in [1.29, 1.82) is 0 Å². The highest BCUT2D eigenvalue weighted by atomic mass is 19.1. The van der Waals surface area contributed by atoms with Crippen LogP contribution in [0.5, 0.6) is 0 Å². The van der Waals surface area contributed by atoms with Gasteiger partial charge in [-0.1, -0.05) is 12.1 Å². The fourth-order valence-corrected chi connectivity index (χ4v) is 2.70. The second kappa shape index (κ2) is 6.60. The molecule has 3 rings (SSSR count). The van der Waals surface area contributed by atoms with Crippen LogP contribution in [0.25, 0.3) is 0 Å². The van der Waals surface area contributed by atoms with E-state index in [1.54, 1.807) is 12.1 Å². The molecule has 1 aliphatic heterocycles. The minimum atomic E-state index is -1.10. The predicted molar refractivity (Wildman–Crippen MR) is 84.2 cm³/mol. The summed E-state index contributed by atoms with van der Waals surface area (Å²) in [6.45, 7) is 2.28. The molecule has 1 atom stereocenters. The summed E-state index contributed by atoms with van der Waals surface area (Å²) in [6, 6.07) is 6.79. The molecule has 0 bridgehead atoms. The lowest BCUT2D eigenvalue weighted by atomic mass is 10.1. The van der Waals surface area contributed by atoms with Gasteiger partial charge in [-0.05, 0) is 24.5 Å². The van der Waals surface area contributed by atoms with Gasteiger partial charge in [0.25, 0.3) is 0 Å². The molecule has 0 amide bonds. The number of aromatic carboxylic acids is 1. The number of carboxylic acid groups (broad SMARTS) is 1. The van der Waals surface area contributed by atoms with Gasteiger partial charge in [-0.15, -0.1) is 0 Å². The molecule has 0 radical (unpaired) electrons. The Morgan fingerprint density at radius 3 is 2.87 bits per heavy atom. The Labute approximate surface area is 133 Å². The van der Waals surface area contributed by atoms with Gasteiger partial charge in [0.15, 0.2) is 5.69 Å². The molecule has 1 fully saturated rings. The molecule has 1 saturated heterocycles. The van der Waals surface area contributed by atoms with Crippen LogP contribution in [0.1, 0.15) is 16.9 Å². The molecule has 6 nitrogen and oxygen atoms in total. The van der Waals surface area contributed by atoms with E-state index in [1.165, 1.54) is 18.5 Å². The Bertz CT molecular complexity index is 693. The normalized spacial score (nSPS) is 17.3. The Morgan fingerprint density at radius 1 is 1.35 bits per heavy atom. The molecule has 0 saturated carbocycles. The van der Waals surface area contributed by atoms with Crippen LogP contribution in [0.4, 0.5) is 15.9 Å². The number of halogens is 1. The average Bonchev–Trinajstić information content (AvgIpc) is 3.02. The molecule has 23 heavy (non-hydrogen) atoms. The lowest BCUT2D eigenvalue weighted by Crippen LogP contribution is -2.23. The maximum atomic E-state index is 13.8. The van der Waals surface area contributed by atoms with E-state index in [2.05, 4.69) is 15.3 Å². The largest absolute Gasteiger partial charge is 0.476 e. The number of para-hydroxylation sites is 1. The quantitative estimate of drug-likeness (QED) is 0.881. The number of aromatic nitrogens is 2. The third-order valence-corrected chi connectivity index (χ3v) is 3.92. The summed E-state index contributed by atoms with van der Waals surface area (Å²) in [7, 11) is 0. The summed E-state index contributed by atoms with van der Waals surface area (Å²) in [4.78, 5) is 20.6. The van der Waals surface area contributed by atoms with Gasteiger partial charge in [0.05, 0.1) is 18.1 Å². The van der Waals surface area contributed by atoms with Crippen LogP contribution in [0.15, 0.2) is 36.7 Å². The van der Waals surface area contributed by atoms with Crippen molar-refractivity contribution in [3.05, 3.63) is 48.2 Å². The predicted octanol–water partition coefficient (Wildman–Crippen LogP) is 2.25. The van der Waals surface area contributed by atoms with Crippen molar-refractivity contribution >= 4 is 17.5 Å². The molecular weight excluding hydrogens is 299 g/mol. The summed E-state index contributed by atoms with van der Waals surface area (Å²) in [6.07, 6.45) is 3.60. The SMILES string of the molecule is O=C(O)c1cnc(NCC2CCN(c3ccccc3F)C2)cn1.